The van der Waals surface area contributed by atoms with E-state index in [0.29, 0.717) is 0 Å². The Morgan fingerprint density at radius 1 is 1.30 bits per heavy atom. The highest BCUT2D eigenvalue weighted by atomic mass is 16.5. The molecule has 2 amide bonds. The molecule has 0 N–H and O–H groups in total. The van der Waals surface area contributed by atoms with Crippen LogP contribution in [0.15, 0.2) is 10.6 Å². The van der Waals surface area contributed by atoms with Gasteiger partial charge in [-0.2, -0.15) is 0 Å². The van der Waals surface area contributed by atoms with Gasteiger partial charge in [-0.15, -0.1) is 0 Å². The van der Waals surface area contributed by atoms with E-state index in [9.17, 15) is 4.79 Å². The van der Waals surface area contributed by atoms with Crippen LogP contribution in [-0.2, 0) is 6.54 Å². The van der Waals surface area contributed by atoms with Crippen LogP contribution in [0.3, 0.4) is 0 Å². The molecule has 1 fully saturated rings. The summed E-state index contributed by atoms with van der Waals surface area (Å²) in [6.07, 6.45) is 0. The minimum absolute atomic E-state index is 0.159. The number of carbonyl (C=O) groups excluding carboxylic acids is 1. The molecule has 0 saturated carbocycles. The van der Waals surface area contributed by atoms with Crippen LogP contribution >= 0.6 is 0 Å². The van der Waals surface area contributed by atoms with Gasteiger partial charge < -0.3 is 14.3 Å². The lowest BCUT2D eigenvalue weighted by Crippen LogP contribution is -2.52. The van der Waals surface area contributed by atoms with Gasteiger partial charge >= 0.3 is 6.03 Å². The van der Waals surface area contributed by atoms with E-state index < -0.39 is 0 Å². The molecule has 0 bridgehead atoms. The molecule has 20 heavy (non-hydrogen) atoms. The summed E-state index contributed by atoms with van der Waals surface area (Å²) in [5.41, 5.74) is 0.964. The molecular weight excluding hydrogens is 256 g/mol. The van der Waals surface area contributed by atoms with Crippen LogP contribution < -0.4 is 0 Å². The topological polar surface area (TPSA) is 52.8 Å². The Hall–Kier alpha value is -1.56. The van der Waals surface area contributed by atoms with Gasteiger partial charge in [-0.3, -0.25) is 4.90 Å². The minimum atomic E-state index is 0.159. The van der Waals surface area contributed by atoms with Crippen molar-refractivity contribution < 1.29 is 9.32 Å². The lowest BCUT2D eigenvalue weighted by atomic mass is 10.3. The van der Waals surface area contributed by atoms with Crippen LogP contribution in [0.4, 0.5) is 4.79 Å². The molecule has 0 spiro atoms. The van der Waals surface area contributed by atoms with Crippen LogP contribution in [0.25, 0.3) is 0 Å². The summed E-state index contributed by atoms with van der Waals surface area (Å²) in [6.45, 7) is 11.6. The zero-order chi connectivity index (χ0) is 14.5. The average molecular weight is 280 g/mol. The quantitative estimate of drug-likeness (QED) is 0.840. The van der Waals surface area contributed by atoms with Crippen LogP contribution in [-0.4, -0.2) is 65.2 Å². The third kappa shape index (κ3) is 3.50. The van der Waals surface area contributed by atoms with Crippen molar-refractivity contribution in [1.29, 1.82) is 0 Å². The standard InChI is InChI=1S/C14H24N4O2/c1-4-17(5-2)14(19)18-8-6-16(7-9-18)11-13-10-12(3)20-15-13/h10H,4-9,11H2,1-3H3. The highest BCUT2D eigenvalue weighted by Crippen LogP contribution is 2.10. The Morgan fingerprint density at radius 2 is 1.95 bits per heavy atom. The van der Waals surface area contributed by atoms with Gasteiger partial charge in [0.1, 0.15) is 5.76 Å². The normalized spacial score (nSPS) is 16.4. The molecule has 2 rings (SSSR count). The maximum Gasteiger partial charge on any atom is 0.320 e. The molecule has 1 aliphatic heterocycles. The number of hydrogen-bond acceptors (Lipinski definition) is 4. The fraction of sp³-hybridized carbons (Fsp3) is 0.714. The number of aryl methyl sites for hydroxylation is 1. The molecule has 112 valence electrons. The summed E-state index contributed by atoms with van der Waals surface area (Å²) in [6, 6.07) is 2.12. The molecule has 0 unspecified atom stereocenters. The predicted molar refractivity (Wildman–Crippen MR) is 76.4 cm³/mol. The fourth-order valence-corrected chi connectivity index (χ4v) is 2.51. The van der Waals surface area contributed by atoms with Gasteiger partial charge in [0.05, 0.1) is 5.69 Å². The number of piperazine rings is 1. The van der Waals surface area contributed by atoms with Crippen molar-refractivity contribution in [2.45, 2.75) is 27.3 Å². The number of carbonyl (C=O) groups is 1. The first-order valence-corrected chi connectivity index (χ1v) is 7.32. The first-order valence-electron chi connectivity index (χ1n) is 7.32. The molecule has 0 radical (unpaired) electrons. The number of aromatic nitrogens is 1. The number of amides is 2. The third-order valence-electron chi connectivity index (χ3n) is 3.74. The molecule has 0 aliphatic carbocycles. The largest absolute Gasteiger partial charge is 0.361 e. The van der Waals surface area contributed by atoms with E-state index in [4.69, 9.17) is 4.52 Å². The first-order chi connectivity index (χ1) is 9.63. The third-order valence-corrected chi connectivity index (χ3v) is 3.74. The number of rotatable bonds is 4. The minimum Gasteiger partial charge on any atom is -0.361 e. The fourth-order valence-electron chi connectivity index (χ4n) is 2.51. The van der Waals surface area contributed by atoms with Gasteiger partial charge in [0.2, 0.25) is 0 Å². The summed E-state index contributed by atoms with van der Waals surface area (Å²) in [7, 11) is 0. The van der Waals surface area contributed by atoms with Crippen molar-refractivity contribution in [2.24, 2.45) is 0 Å². The van der Waals surface area contributed by atoms with Gasteiger partial charge in [0.15, 0.2) is 0 Å². The molecule has 0 aromatic carbocycles. The molecule has 6 heteroatoms. The number of urea groups is 1. The van der Waals surface area contributed by atoms with Gasteiger partial charge in [-0.25, -0.2) is 4.79 Å². The van der Waals surface area contributed by atoms with Crippen molar-refractivity contribution >= 4 is 6.03 Å². The van der Waals surface area contributed by atoms with E-state index >= 15 is 0 Å². The summed E-state index contributed by atoms with van der Waals surface area (Å²) in [5, 5.41) is 4.01. The van der Waals surface area contributed by atoms with Crippen molar-refractivity contribution in [3.8, 4) is 0 Å². The number of hydrogen-bond donors (Lipinski definition) is 0. The Morgan fingerprint density at radius 3 is 2.45 bits per heavy atom. The maximum atomic E-state index is 12.2. The lowest BCUT2D eigenvalue weighted by molar-refractivity contribution is 0.111. The van der Waals surface area contributed by atoms with Crippen molar-refractivity contribution in [3.63, 3.8) is 0 Å². The number of nitrogens with zero attached hydrogens (tertiary/aromatic N) is 4. The highest BCUT2D eigenvalue weighted by molar-refractivity contribution is 5.74. The van der Waals surface area contributed by atoms with Crippen molar-refractivity contribution in [1.82, 2.24) is 19.9 Å². The van der Waals surface area contributed by atoms with Crippen LogP contribution in [0.2, 0.25) is 0 Å². The highest BCUT2D eigenvalue weighted by Gasteiger charge is 2.24. The van der Waals surface area contributed by atoms with E-state index in [2.05, 4.69) is 10.1 Å². The molecule has 1 aromatic rings. The van der Waals surface area contributed by atoms with Gasteiger partial charge in [0, 0.05) is 51.9 Å². The molecule has 1 saturated heterocycles. The van der Waals surface area contributed by atoms with Crippen LogP contribution in [0.5, 0.6) is 0 Å². The summed E-state index contributed by atoms with van der Waals surface area (Å²) >= 11 is 0. The molecule has 6 nitrogen and oxygen atoms in total. The van der Waals surface area contributed by atoms with E-state index in [0.717, 1.165) is 57.3 Å². The molecule has 1 aromatic heterocycles. The lowest BCUT2D eigenvalue weighted by Gasteiger charge is -2.36. The molecule has 2 heterocycles. The van der Waals surface area contributed by atoms with E-state index in [-0.39, 0.29) is 6.03 Å². The molecule has 1 aliphatic rings. The monoisotopic (exact) mass is 280 g/mol. The zero-order valence-corrected chi connectivity index (χ0v) is 12.6. The van der Waals surface area contributed by atoms with E-state index in [1.165, 1.54) is 0 Å². The first kappa shape index (κ1) is 14.8. The molecule has 0 atom stereocenters. The summed E-state index contributed by atoms with van der Waals surface area (Å²) < 4.78 is 5.08. The second kappa shape index (κ2) is 6.74. The SMILES string of the molecule is CCN(CC)C(=O)N1CCN(Cc2cc(C)on2)CC1. The zero-order valence-electron chi connectivity index (χ0n) is 12.6. The Kier molecular flexibility index (Phi) is 5.00. The Bertz CT molecular complexity index is 434. The summed E-state index contributed by atoms with van der Waals surface area (Å²) in [4.78, 5) is 18.4. The smallest absolute Gasteiger partial charge is 0.320 e. The van der Waals surface area contributed by atoms with E-state index in [1.54, 1.807) is 0 Å². The van der Waals surface area contributed by atoms with E-state index in [1.807, 2.05) is 36.6 Å². The van der Waals surface area contributed by atoms with Crippen LogP contribution in [0, 0.1) is 6.92 Å². The Balaban J connectivity index is 1.81. The second-order valence-corrected chi connectivity index (χ2v) is 5.15. The second-order valence-electron chi connectivity index (χ2n) is 5.15. The van der Waals surface area contributed by atoms with Gasteiger partial charge in [-0.05, 0) is 20.8 Å². The summed E-state index contributed by atoms with van der Waals surface area (Å²) in [5.74, 6) is 0.843. The Labute approximate surface area is 120 Å². The van der Waals surface area contributed by atoms with Gasteiger partial charge in [-0.1, -0.05) is 5.16 Å². The maximum absolute atomic E-state index is 12.2. The average Bonchev–Trinajstić information content (AvgIpc) is 2.86. The van der Waals surface area contributed by atoms with Crippen molar-refractivity contribution in [3.05, 3.63) is 17.5 Å². The molecular formula is C14H24N4O2. The van der Waals surface area contributed by atoms with Crippen LogP contribution in [0.1, 0.15) is 25.3 Å². The predicted octanol–water partition coefficient (Wildman–Crippen LogP) is 1.56. The van der Waals surface area contributed by atoms with Crippen molar-refractivity contribution in [2.75, 3.05) is 39.3 Å². The van der Waals surface area contributed by atoms with Gasteiger partial charge in [0.25, 0.3) is 0 Å².